The number of hydrogen-bond donors (Lipinski definition) is 1. The van der Waals surface area contributed by atoms with Crippen LogP contribution in [0.15, 0.2) is 0 Å². The Morgan fingerprint density at radius 1 is 1.37 bits per heavy atom. The Kier molecular flexibility index (Phi) is 4.85. The second-order valence-corrected chi connectivity index (χ2v) is 6.12. The summed E-state index contributed by atoms with van der Waals surface area (Å²) >= 11 is 0. The molecule has 1 N–H and O–H groups in total. The van der Waals surface area contributed by atoms with E-state index in [0.29, 0.717) is 0 Å². The zero-order valence-electron chi connectivity index (χ0n) is 12.4. The van der Waals surface area contributed by atoms with Gasteiger partial charge >= 0.3 is 5.97 Å². The number of nitrogens with one attached hydrogen (secondary N) is 1. The maximum atomic E-state index is 12.5. The van der Waals surface area contributed by atoms with Gasteiger partial charge in [0.25, 0.3) is 0 Å². The Balaban J connectivity index is 1.95. The third kappa shape index (κ3) is 3.48. The minimum atomic E-state index is -0.417. The summed E-state index contributed by atoms with van der Waals surface area (Å²) in [5, 5.41) is 3.38. The van der Waals surface area contributed by atoms with Crippen LogP contribution in [0.5, 0.6) is 0 Å². The van der Waals surface area contributed by atoms with Crippen LogP contribution in [-0.2, 0) is 14.3 Å². The van der Waals surface area contributed by atoms with Gasteiger partial charge in [0.2, 0.25) is 0 Å². The largest absolute Gasteiger partial charge is 0.461 e. The molecule has 0 aromatic rings. The van der Waals surface area contributed by atoms with Crippen LogP contribution in [0.1, 0.15) is 59.3 Å². The summed E-state index contributed by atoms with van der Waals surface area (Å²) in [5.41, 5.74) is -0.417. The summed E-state index contributed by atoms with van der Waals surface area (Å²) in [6, 6.07) is 0. The van der Waals surface area contributed by atoms with E-state index in [1.165, 1.54) is 0 Å². The molecule has 0 saturated carbocycles. The molecule has 0 spiro atoms. The molecule has 2 fully saturated rings. The van der Waals surface area contributed by atoms with Crippen LogP contribution in [0.4, 0.5) is 0 Å². The first-order valence-electron chi connectivity index (χ1n) is 7.67. The Labute approximate surface area is 116 Å². The van der Waals surface area contributed by atoms with Crippen LogP contribution in [0.3, 0.4) is 0 Å². The molecule has 0 aromatic carbocycles. The third-order valence-electron chi connectivity index (χ3n) is 4.24. The molecule has 0 aromatic heterocycles. The van der Waals surface area contributed by atoms with Crippen LogP contribution in [0, 0.1) is 0 Å². The van der Waals surface area contributed by atoms with E-state index >= 15 is 0 Å². The molecule has 0 radical (unpaired) electrons. The molecule has 2 saturated heterocycles. The smallest absolute Gasteiger partial charge is 0.326 e. The number of ether oxygens (including phenoxy) is 2. The van der Waals surface area contributed by atoms with Crippen molar-refractivity contribution in [3.63, 3.8) is 0 Å². The fourth-order valence-corrected chi connectivity index (χ4v) is 3.43. The predicted molar refractivity (Wildman–Crippen MR) is 74.0 cm³/mol. The normalized spacial score (nSPS) is 39.2. The SMILES string of the molecule is CCCC1(C(=O)OC2CC(C)OC(C)C2)CCCN1. The van der Waals surface area contributed by atoms with Crippen LogP contribution in [0.2, 0.25) is 0 Å². The molecule has 0 aliphatic carbocycles. The van der Waals surface area contributed by atoms with Crippen molar-refractivity contribution in [2.45, 2.75) is 83.1 Å². The third-order valence-corrected chi connectivity index (χ3v) is 4.24. The standard InChI is InChI=1S/C15H27NO3/c1-4-6-15(7-5-8-16-15)14(17)19-13-9-11(2)18-12(3)10-13/h11-13,16H,4-10H2,1-3H3. The number of carbonyl (C=O) groups excluding carboxylic acids is 1. The molecule has 2 aliphatic rings. The highest BCUT2D eigenvalue weighted by Gasteiger charge is 2.43. The fraction of sp³-hybridized carbons (Fsp3) is 0.933. The molecular weight excluding hydrogens is 242 g/mol. The first-order chi connectivity index (χ1) is 9.05. The Morgan fingerprint density at radius 3 is 2.58 bits per heavy atom. The highest BCUT2D eigenvalue weighted by Crippen LogP contribution is 2.29. The van der Waals surface area contributed by atoms with Crippen molar-refractivity contribution in [3.05, 3.63) is 0 Å². The highest BCUT2D eigenvalue weighted by molar-refractivity contribution is 5.81. The highest BCUT2D eigenvalue weighted by atomic mass is 16.6. The monoisotopic (exact) mass is 269 g/mol. The van der Waals surface area contributed by atoms with E-state index in [9.17, 15) is 4.79 Å². The zero-order valence-corrected chi connectivity index (χ0v) is 12.4. The van der Waals surface area contributed by atoms with Crippen LogP contribution >= 0.6 is 0 Å². The lowest BCUT2D eigenvalue weighted by Gasteiger charge is -2.35. The predicted octanol–water partition coefficient (Wildman–Crippen LogP) is 2.41. The van der Waals surface area contributed by atoms with Gasteiger partial charge < -0.3 is 14.8 Å². The van der Waals surface area contributed by atoms with Crippen molar-refractivity contribution < 1.29 is 14.3 Å². The Morgan fingerprint density at radius 2 is 2.05 bits per heavy atom. The van der Waals surface area contributed by atoms with Crippen LogP contribution < -0.4 is 5.32 Å². The summed E-state index contributed by atoms with van der Waals surface area (Å²) < 4.78 is 11.5. The van der Waals surface area contributed by atoms with E-state index in [1.54, 1.807) is 0 Å². The summed E-state index contributed by atoms with van der Waals surface area (Å²) in [6.45, 7) is 7.14. The van der Waals surface area contributed by atoms with Crippen LogP contribution in [0.25, 0.3) is 0 Å². The molecule has 110 valence electrons. The van der Waals surface area contributed by atoms with Gasteiger partial charge in [-0.1, -0.05) is 13.3 Å². The molecule has 19 heavy (non-hydrogen) atoms. The summed E-state index contributed by atoms with van der Waals surface area (Å²) in [5.74, 6) is -0.0434. The minimum Gasteiger partial charge on any atom is -0.461 e. The van der Waals surface area contributed by atoms with Crippen molar-refractivity contribution in [1.82, 2.24) is 5.32 Å². The molecule has 2 heterocycles. The number of esters is 1. The fourth-order valence-electron chi connectivity index (χ4n) is 3.43. The number of hydrogen-bond acceptors (Lipinski definition) is 4. The van der Waals surface area contributed by atoms with E-state index < -0.39 is 5.54 Å². The maximum Gasteiger partial charge on any atom is 0.326 e. The molecule has 4 nitrogen and oxygen atoms in total. The molecule has 3 unspecified atom stereocenters. The van der Waals surface area contributed by atoms with Gasteiger partial charge in [0.15, 0.2) is 0 Å². The van der Waals surface area contributed by atoms with Crippen molar-refractivity contribution >= 4 is 5.97 Å². The molecule has 2 aliphatic heterocycles. The molecular formula is C15H27NO3. The molecule has 3 atom stereocenters. The van der Waals surface area contributed by atoms with E-state index in [2.05, 4.69) is 12.2 Å². The number of carbonyl (C=O) groups is 1. The second kappa shape index (κ2) is 6.23. The topological polar surface area (TPSA) is 47.6 Å². The zero-order chi connectivity index (χ0) is 13.9. The van der Waals surface area contributed by atoms with Crippen molar-refractivity contribution in [3.8, 4) is 0 Å². The quantitative estimate of drug-likeness (QED) is 0.796. The minimum absolute atomic E-state index is 0.0161. The van der Waals surface area contributed by atoms with Crippen LogP contribution in [-0.4, -0.2) is 36.4 Å². The van der Waals surface area contributed by atoms with Gasteiger partial charge in [-0.05, 0) is 39.7 Å². The van der Waals surface area contributed by atoms with Gasteiger partial charge in [-0.3, -0.25) is 4.79 Å². The summed E-state index contributed by atoms with van der Waals surface area (Å²) in [7, 11) is 0. The lowest BCUT2D eigenvalue weighted by molar-refractivity contribution is -0.167. The summed E-state index contributed by atoms with van der Waals surface area (Å²) in [6.07, 6.45) is 5.87. The van der Waals surface area contributed by atoms with Gasteiger partial charge in [-0.15, -0.1) is 0 Å². The van der Waals surface area contributed by atoms with Crippen molar-refractivity contribution in [1.29, 1.82) is 0 Å². The van der Waals surface area contributed by atoms with E-state index in [4.69, 9.17) is 9.47 Å². The molecule has 4 heteroatoms. The lowest BCUT2D eigenvalue weighted by atomic mass is 9.91. The van der Waals surface area contributed by atoms with E-state index in [1.807, 2.05) is 13.8 Å². The molecule has 0 amide bonds. The molecule has 0 bridgehead atoms. The van der Waals surface area contributed by atoms with Gasteiger partial charge in [0.1, 0.15) is 11.6 Å². The van der Waals surface area contributed by atoms with E-state index in [0.717, 1.165) is 45.1 Å². The molecule has 2 rings (SSSR count). The number of rotatable bonds is 4. The van der Waals surface area contributed by atoms with E-state index in [-0.39, 0.29) is 24.3 Å². The van der Waals surface area contributed by atoms with Crippen molar-refractivity contribution in [2.24, 2.45) is 0 Å². The summed E-state index contributed by atoms with van der Waals surface area (Å²) in [4.78, 5) is 12.5. The van der Waals surface area contributed by atoms with Gasteiger partial charge in [0.05, 0.1) is 12.2 Å². The van der Waals surface area contributed by atoms with Gasteiger partial charge in [0, 0.05) is 12.8 Å². The Bertz CT molecular complexity index is 303. The van der Waals surface area contributed by atoms with Gasteiger partial charge in [-0.25, -0.2) is 0 Å². The first kappa shape index (κ1) is 14.8. The van der Waals surface area contributed by atoms with Gasteiger partial charge in [-0.2, -0.15) is 0 Å². The average molecular weight is 269 g/mol. The Hall–Kier alpha value is -0.610. The average Bonchev–Trinajstić information content (AvgIpc) is 2.78. The maximum absolute atomic E-state index is 12.5. The first-order valence-corrected chi connectivity index (χ1v) is 7.67. The lowest BCUT2D eigenvalue weighted by Crippen LogP contribution is -2.50. The van der Waals surface area contributed by atoms with Crippen molar-refractivity contribution in [2.75, 3.05) is 6.54 Å². The second-order valence-electron chi connectivity index (χ2n) is 6.12.